The third-order valence-electron chi connectivity index (χ3n) is 4.52. The molecule has 0 bridgehead atoms. The van der Waals surface area contributed by atoms with E-state index in [0.29, 0.717) is 18.3 Å². The van der Waals surface area contributed by atoms with E-state index in [2.05, 4.69) is 4.99 Å². The molecule has 1 heterocycles. The minimum atomic E-state index is -0.468. The SMILES string of the molecule is Cc1ccc(OCCSc2ccc(Cl)cc2)c(C=C2N=C(c3ccccc3)OC2=O)c1. The zero-order chi connectivity index (χ0) is 21.6. The number of thioether (sulfide) groups is 1. The molecule has 4 nitrogen and oxygen atoms in total. The number of aryl methyl sites for hydroxylation is 1. The van der Waals surface area contributed by atoms with E-state index in [1.165, 1.54) is 0 Å². The van der Waals surface area contributed by atoms with Crippen molar-refractivity contribution in [1.82, 2.24) is 0 Å². The van der Waals surface area contributed by atoms with Gasteiger partial charge in [-0.1, -0.05) is 41.4 Å². The van der Waals surface area contributed by atoms with Crippen LogP contribution in [0.4, 0.5) is 0 Å². The van der Waals surface area contributed by atoms with E-state index < -0.39 is 5.97 Å². The Hall–Kier alpha value is -3.02. The Morgan fingerprint density at radius 3 is 2.61 bits per heavy atom. The number of cyclic esters (lactones) is 1. The second-order valence-electron chi connectivity index (χ2n) is 6.89. The molecular formula is C25H20ClNO3S. The Morgan fingerprint density at radius 2 is 1.84 bits per heavy atom. The van der Waals surface area contributed by atoms with Crippen LogP contribution < -0.4 is 4.74 Å². The summed E-state index contributed by atoms with van der Waals surface area (Å²) in [6.07, 6.45) is 1.72. The summed E-state index contributed by atoms with van der Waals surface area (Å²) in [6, 6.07) is 23.0. The molecule has 0 fully saturated rings. The predicted molar refractivity (Wildman–Crippen MR) is 126 cm³/mol. The second kappa shape index (κ2) is 9.86. The van der Waals surface area contributed by atoms with Gasteiger partial charge in [0.05, 0.1) is 6.61 Å². The van der Waals surface area contributed by atoms with Gasteiger partial charge in [0.15, 0.2) is 5.70 Å². The third kappa shape index (κ3) is 5.57. The number of hydrogen-bond acceptors (Lipinski definition) is 5. The van der Waals surface area contributed by atoms with E-state index in [0.717, 1.165) is 32.4 Å². The molecule has 3 aromatic carbocycles. The molecule has 0 aliphatic carbocycles. The van der Waals surface area contributed by atoms with Crippen LogP contribution in [0.25, 0.3) is 6.08 Å². The van der Waals surface area contributed by atoms with E-state index in [9.17, 15) is 4.79 Å². The molecule has 0 saturated carbocycles. The highest BCUT2D eigenvalue weighted by molar-refractivity contribution is 7.99. The number of carbonyl (C=O) groups is 1. The van der Waals surface area contributed by atoms with Gasteiger partial charge in [-0.3, -0.25) is 0 Å². The summed E-state index contributed by atoms with van der Waals surface area (Å²) in [5.74, 6) is 1.33. The minimum Gasteiger partial charge on any atom is -0.492 e. The fraction of sp³-hybridized carbons (Fsp3) is 0.120. The lowest BCUT2D eigenvalue weighted by molar-refractivity contribution is -0.129. The first kappa shape index (κ1) is 21.2. The Labute approximate surface area is 190 Å². The Kier molecular flexibility index (Phi) is 6.75. The number of benzene rings is 3. The summed E-state index contributed by atoms with van der Waals surface area (Å²) in [5, 5.41) is 0.724. The van der Waals surface area contributed by atoms with Crippen LogP contribution in [0.1, 0.15) is 16.7 Å². The average molecular weight is 450 g/mol. The van der Waals surface area contributed by atoms with Gasteiger partial charge in [0.1, 0.15) is 5.75 Å². The Balaban J connectivity index is 1.47. The first-order valence-electron chi connectivity index (χ1n) is 9.78. The van der Waals surface area contributed by atoms with Crippen molar-refractivity contribution >= 4 is 41.3 Å². The number of rotatable bonds is 7. The summed E-state index contributed by atoms with van der Waals surface area (Å²) in [4.78, 5) is 17.9. The topological polar surface area (TPSA) is 47.9 Å². The smallest absolute Gasteiger partial charge is 0.363 e. The maximum atomic E-state index is 12.3. The molecule has 0 N–H and O–H groups in total. The van der Waals surface area contributed by atoms with Gasteiger partial charge >= 0.3 is 5.97 Å². The number of nitrogens with zero attached hydrogens (tertiary/aromatic N) is 1. The first-order valence-corrected chi connectivity index (χ1v) is 11.1. The van der Waals surface area contributed by atoms with Crippen LogP contribution in [0.15, 0.2) is 88.4 Å². The number of ether oxygens (including phenoxy) is 2. The van der Waals surface area contributed by atoms with E-state index in [1.807, 2.05) is 79.7 Å². The number of aliphatic imine (C=N–C) groups is 1. The number of halogens is 1. The van der Waals surface area contributed by atoms with Gasteiger partial charge < -0.3 is 9.47 Å². The van der Waals surface area contributed by atoms with Crippen LogP contribution in [-0.2, 0) is 9.53 Å². The molecule has 3 aromatic rings. The van der Waals surface area contributed by atoms with Crippen LogP contribution in [0, 0.1) is 6.92 Å². The molecule has 6 heteroatoms. The van der Waals surface area contributed by atoms with Crippen LogP contribution in [0.5, 0.6) is 5.75 Å². The Morgan fingerprint density at radius 1 is 1.06 bits per heavy atom. The van der Waals surface area contributed by atoms with Crippen molar-refractivity contribution in [3.8, 4) is 5.75 Å². The Bertz CT molecular complexity index is 1140. The molecule has 156 valence electrons. The first-order chi connectivity index (χ1) is 15.1. The van der Waals surface area contributed by atoms with Crippen molar-refractivity contribution in [2.75, 3.05) is 12.4 Å². The maximum absolute atomic E-state index is 12.3. The van der Waals surface area contributed by atoms with Crippen molar-refractivity contribution in [2.45, 2.75) is 11.8 Å². The van der Waals surface area contributed by atoms with Gasteiger partial charge in [-0.05, 0) is 61.5 Å². The fourth-order valence-electron chi connectivity index (χ4n) is 3.01. The molecule has 0 saturated heterocycles. The summed E-state index contributed by atoms with van der Waals surface area (Å²) >= 11 is 7.62. The molecule has 0 radical (unpaired) electrons. The highest BCUT2D eigenvalue weighted by Crippen LogP contribution is 2.27. The summed E-state index contributed by atoms with van der Waals surface area (Å²) in [7, 11) is 0. The lowest BCUT2D eigenvalue weighted by Crippen LogP contribution is -2.05. The molecule has 31 heavy (non-hydrogen) atoms. The van der Waals surface area contributed by atoms with E-state index >= 15 is 0 Å². The minimum absolute atomic E-state index is 0.254. The maximum Gasteiger partial charge on any atom is 0.363 e. The fourth-order valence-corrected chi connectivity index (χ4v) is 3.87. The van der Waals surface area contributed by atoms with E-state index in [4.69, 9.17) is 21.1 Å². The van der Waals surface area contributed by atoms with Gasteiger partial charge in [0, 0.05) is 26.8 Å². The highest BCUT2D eigenvalue weighted by atomic mass is 35.5. The average Bonchev–Trinajstić information content (AvgIpc) is 3.14. The normalized spacial score (nSPS) is 14.5. The quantitative estimate of drug-likeness (QED) is 0.187. The molecule has 0 aromatic heterocycles. The molecule has 0 unspecified atom stereocenters. The van der Waals surface area contributed by atoms with E-state index in [-0.39, 0.29) is 5.70 Å². The molecule has 0 spiro atoms. The molecule has 1 aliphatic heterocycles. The van der Waals surface area contributed by atoms with Gasteiger partial charge in [0.2, 0.25) is 5.90 Å². The van der Waals surface area contributed by atoms with Gasteiger partial charge in [-0.2, -0.15) is 0 Å². The van der Waals surface area contributed by atoms with Gasteiger partial charge in [-0.25, -0.2) is 9.79 Å². The van der Waals surface area contributed by atoms with Gasteiger partial charge in [0.25, 0.3) is 0 Å². The van der Waals surface area contributed by atoms with Crippen LogP contribution in [-0.4, -0.2) is 24.2 Å². The number of esters is 1. The van der Waals surface area contributed by atoms with Crippen LogP contribution in [0.2, 0.25) is 5.02 Å². The molecule has 4 rings (SSSR count). The van der Waals surface area contributed by atoms with Crippen LogP contribution >= 0.6 is 23.4 Å². The highest BCUT2D eigenvalue weighted by Gasteiger charge is 2.24. The van der Waals surface area contributed by atoms with Crippen LogP contribution in [0.3, 0.4) is 0 Å². The molecule has 0 atom stereocenters. The lowest BCUT2D eigenvalue weighted by atomic mass is 10.1. The molecular weight excluding hydrogens is 430 g/mol. The standard InChI is InChI=1S/C25H20ClNO3S/c1-17-7-12-23(29-13-14-31-21-10-8-20(26)9-11-21)19(15-17)16-22-25(28)30-24(27-22)18-5-3-2-4-6-18/h2-12,15-16H,13-14H2,1H3. The summed E-state index contributed by atoms with van der Waals surface area (Å²) in [5.41, 5.74) is 2.87. The van der Waals surface area contributed by atoms with Crippen molar-refractivity contribution in [2.24, 2.45) is 4.99 Å². The largest absolute Gasteiger partial charge is 0.492 e. The van der Waals surface area contributed by atoms with E-state index in [1.54, 1.807) is 17.8 Å². The summed E-state index contributed by atoms with van der Waals surface area (Å²) < 4.78 is 11.4. The van der Waals surface area contributed by atoms with Crippen molar-refractivity contribution in [3.63, 3.8) is 0 Å². The zero-order valence-corrected chi connectivity index (χ0v) is 18.5. The summed E-state index contributed by atoms with van der Waals surface area (Å²) in [6.45, 7) is 2.52. The van der Waals surface area contributed by atoms with Crippen molar-refractivity contribution < 1.29 is 14.3 Å². The van der Waals surface area contributed by atoms with Crippen molar-refractivity contribution in [1.29, 1.82) is 0 Å². The van der Waals surface area contributed by atoms with Crippen molar-refractivity contribution in [3.05, 3.63) is 100 Å². The number of carbonyl (C=O) groups excluding carboxylic acids is 1. The number of hydrogen-bond donors (Lipinski definition) is 0. The zero-order valence-electron chi connectivity index (χ0n) is 16.9. The molecule has 1 aliphatic rings. The van der Waals surface area contributed by atoms with Gasteiger partial charge in [-0.15, -0.1) is 11.8 Å². The monoisotopic (exact) mass is 449 g/mol. The third-order valence-corrected chi connectivity index (χ3v) is 5.75. The molecule has 0 amide bonds. The lowest BCUT2D eigenvalue weighted by Gasteiger charge is -2.10. The second-order valence-corrected chi connectivity index (χ2v) is 8.50. The predicted octanol–water partition coefficient (Wildman–Crippen LogP) is 6.16.